The molecule has 4 amide bonds. The van der Waals surface area contributed by atoms with Crippen molar-refractivity contribution in [2.45, 2.75) is 108 Å². The molecule has 2 bridgehead atoms. The molecule has 1 atom stereocenters. The van der Waals surface area contributed by atoms with E-state index >= 15 is 0 Å². The SMILES string of the molecule is C#CCOCCOCCNC(=O)CCC(CCC(=O)NCCOCCOCC#C)(CCC(=O)NCCOCCOCC#C)NC(=O)C12CCC(OP(=O)(O)C(C)C)(CC1)CC2. The number of ether oxygens (including phenoxy) is 6. The molecule has 3 rings (SSSR count). The Kier molecular flexibility index (Phi) is 26.1. The van der Waals surface area contributed by atoms with Gasteiger partial charge in [0.05, 0.1) is 70.7 Å². The third kappa shape index (κ3) is 21.4. The Bertz CT molecular complexity index is 1390. The van der Waals surface area contributed by atoms with E-state index < -0.39 is 29.8 Å². The van der Waals surface area contributed by atoms with E-state index in [-0.39, 0.29) is 121 Å². The quantitative estimate of drug-likeness (QED) is 0.0351. The lowest BCUT2D eigenvalue weighted by Crippen LogP contribution is -2.59. The van der Waals surface area contributed by atoms with Crippen molar-refractivity contribution >= 4 is 31.2 Å². The van der Waals surface area contributed by atoms with Gasteiger partial charge in [0.15, 0.2) is 0 Å². The zero-order valence-electron chi connectivity index (χ0n) is 36.2. The smallest absolute Gasteiger partial charge is 0.331 e. The molecule has 0 spiro atoms. The van der Waals surface area contributed by atoms with Gasteiger partial charge < -0.3 is 59.1 Å². The average molecular weight is 881 g/mol. The summed E-state index contributed by atoms with van der Waals surface area (Å²) in [6.07, 6.45) is 18.5. The van der Waals surface area contributed by atoms with Crippen LogP contribution in [0.2, 0.25) is 0 Å². The Morgan fingerprint density at radius 1 is 0.607 bits per heavy atom. The van der Waals surface area contributed by atoms with Gasteiger partial charge in [-0.15, -0.1) is 19.3 Å². The molecule has 0 heterocycles. The molecule has 1 unspecified atom stereocenters. The van der Waals surface area contributed by atoms with Gasteiger partial charge in [-0.05, 0) is 57.8 Å². The van der Waals surface area contributed by atoms with Gasteiger partial charge in [-0.1, -0.05) is 31.6 Å². The lowest BCUT2D eigenvalue weighted by molar-refractivity contribution is -0.148. The van der Waals surface area contributed by atoms with Crippen LogP contribution in [0.5, 0.6) is 0 Å². The van der Waals surface area contributed by atoms with Crippen molar-refractivity contribution in [3.05, 3.63) is 0 Å². The van der Waals surface area contributed by atoms with Crippen LogP contribution >= 0.6 is 7.60 Å². The fourth-order valence-electron chi connectivity index (χ4n) is 7.11. The number of fused-ring (bicyclic) bond motifs is 3. The van der Waals surface area contributed by atoms with Gasteiger partial charge in [-0.2, -0.15) is 0 Å². The second-order valence-corrected chi connectivity index (χ2v) is 17.9. The maximum absolute atomic E-state index is 14.6. The molecule has 0 aliphatic heterocycles. The molecule has 0 radical (unpaired) electrons. The molecule has 344 valence electrons. The van der Waals surface area contributed by atoms with E-state index in [2.05, 4.69) is 39.0 Å². The van der Waals surface area contributed by atoms with Crippen LogP contribution in [-0.4, -0.2) is 144 Å². The monoisotopic (exact) mass is 880 g/mol. The lowest BCUT2D eigenvalue weighted by atomic mass is 9.58. The summed E-state index contributed by atoms with van der Waals surface area (Å²) < 4.78 is 50.9. The van der Waals surface area contributed by atoms with Gasteiger partial charge in [0.2, 0.25) is 23.6 Å². The normalized spacial score (nSPS) is 19.2. The second kappa shape index (κ2) is 29.7. The number of carbonyl (C=O) groups is 4. The fraction of sp³-hybridized carbons (Fsp3) is 0.767. The maximum atomic E-state index is 14.6. The summed E-state index contributed by atoms with van der Waals surface area (Å²) >= 11 is 0. The van der Waals surface area contributed by atoms with Crippen molar-refractivity contribution in [2.75, 3.05) is 98.9 Å². The summed E-state index contributed by atoms with van der Waals surface area (Å²) in [5, 5.41) is 11.8. The van der Waals surface area contributed by atoms with Gasteiger partial charge in [0.1, 0.15) is 19.8 Å². The predicted octanol–water partition coefficient (Wildman–Crippen LogP) is 2.23. The van der Waals surface area contributed by atoms with E-state index in [1.807, 2.05) is 0 Å². The molecule has 3 fully saturated rings. The summed E-state index contributed by atoms with van der Waals surface area (Å²) in [4.78, 5) is 64.8. The number of amides is 4. The first kappa shape index (κ1) is 53.6. The van der Waals surface area contributed by atoms with E-state index in [4.69, 9.17) is 52.2 Å². The number of hydrogen-bond acceptors (Lipinski definition) is 12. The van der Waals surface area contributed by atoms with Gasteiger partial charge in [0, 0.05) is 49.9 Å². The minimum atomic E-state index is -3.85. The zero-order valence-corrected chi connectivity index (χ0v) is 37.1. The molecular weight excluding hydrogens is 811 g/mol. The third-order valence-corrected chi connectivity index (χ3v) is 12.8. The third-order valence-electron chi connectivity index (χ3n) is 10.9. The summed E-state index contributed by atoms with van der Waals surface area (Å²) in [6, 6.07) is 0. The van der Waals surface area contributed by atoms with Crippen LogP contribution in [0.3, 0.4) is 0 Å². The minimum Gasteiger partial charge on any atom is -0.377 e. The van der Waals surface area contributed by atoms with E-state index in [9.17, 15) is 28.6 Å². The molecule has 18 heteroatoms. The van der Waals surface area contributed by atoms with Crippen molar-refractivity contribution < 1.29 is 61.6 Å². The van der Waals surface area contributed by atoms with Crippen molar-refractivity contribution in [1.82, 2.24) is 21.3 Å². The van der Waals surface area contributed by atoms with Crippen LogP contribution in [0.4, 0.5) is 0 Å². The Hall–Kier alpha value is -3.53. The Balaban J connectivity index is 2.20. The average Bonchev–Trinajstić information content (AvgIpc) is 3.24. The topological polar surface area (TPSA) is 218 Å². The first-order valence-corrected chi connectivity index (χ1v) is 22.8. The molecule has 0 saturated heterocycles. The predicted molar refractivity (Wildman–Crippen MR) is 228 cm³/mol. The van der Waals surface area contributed by atoms with Crippen LogP contribution in [-0.2, 0) is 56.7 Å². The van der Waals surface area contributed by atoms with E-state index in [1.54, 1.807) is 13.8 Å². The van der Waals surface area contributed by atoms with Crippen LogP contribution in [0.15, 0.2) is 0 Å². The Morgan fingerprint density at radius 3 is 1.28 bits per heavy atom. The zero-order chi connectivity index (χ0) is 44.9. The van der Waals surface area contributed by atoms with Crippen LogP contribution in [0, 0.1) is 42.4 Å². The van der Waals surface area contributed by atoms with Crippen molar-refractivity contribution in [2.24, 2.45) is 5.41 Å². The number of rotatable bonds is 35. The molecular formula is C43H69N4O13P. The van der Waals surface area contributed by atoms with E-state index in [1.165, 1.54) is 0 Å². The van der Waals surface area contributed by atoms with Crippen LogP contribution < -0.4 is 21.3 Å². The van der Waals surface area contributed by atoms with Crippen molar-refractivity contribution in [3.63, 3.8) is 0 Å². The molecule has 0 aromatic carbocycles. The Labute approximate surface area is 362 Å². The first-order chi connectivity index (χ1) is 29.3. The molecule has 17 nitrogen and oxygen atoms in total. The number of nitrogens with one attached hydrogen (secondary N) is 4. The fourth-order valence-corrected chi connectivity index (χ4v) is 8.15. The minimum absolute atomic E-state index is 0.00902. The highest BCUT2D eigenvalue weighted by Crippen LogP contribution is 2.61. The van der Waals surface area contributed by atoms with Gasteiger partial charge in [0.25, 0.3) is 0 Å². The molecule has 0 aromatic rings. The van der Waals surface area contributed by atoms with Crippen LogP contribution in [0.1, 0.15) is 90.9 Å². The Morgan fingerprint density at radius 2 is 0.951 bits per heavy atom. The van der Waals surface area contributed by atoms with E-state index in [0.717, 1.165) is 0 Å². The van der Waals surface area contributed by atoms with Gasteiger partial charge in [-0.3, -0.25) is 23.7 Å². The number of carbonyl (C=O) groups excluding carboxylic acids is 4. The molecule has 61 heavy (non-hydrogen) atoms. The van der Waals surface area contributed by atoms with E-state index in [0.29, 0.717) is 78.2 Å². The number of hydrogen-bond donors (Lipinski definition) is 5. The molecule has 3 aliphatic rings. The van der Waals surface area contributed by atoms with Crippen molar-refractivity contribution in [1.29, 1.82) is 0 Å². The first-order valence-electron chi connectivity index (χ1n) is 21.2. The second-order valence-electron chi connectivity index (χ2n) is 15.6. The maximum Gasteiger partial charge on any atom is 0.331 e. The number of terminal acetylenes is 3. The molecule has 5 N–H and O–H groups in total. The van der Waals surface area contributed by atoms with Crippen molar-refractivity contribution in [3.8, 4) is 37.0 Å². The summed E-state index contributed by atoms with van der Waals surface area (Å²) in [6.45, 7) is 7.16. The molecule has 3 aliphatic carbocycles. The molecule has 0 aromatic heterocycles. The summed E-state index contributed by atoms with van der Waals surface area (Å²) in [5.74, 6) is 6.02. The highest BCUT2D eigenvalue weighted by Gasteiger charge is 2.56. The van der Waals surface area contributed by atoms with Crippen LogP contribution in [0.25, 0.3) is 0 Å². The standard InChI is InChI=1S/C43H69N4O13P/c1-6-24-54-30-33-57-27-21-44-37(48)9-12-42(13-10-38(49)45-22-28-58-34-31-55-25-7-2,14-11-39(50)46-23-29-59-35-32-56-26-8-3)47-40(51)41-15-18-43(19-16-41,20-17-41)60-61(52,53)36(4)5/h1-3,36H,9-35H2,4-5H3,(H,44,48)(H,45,49)(H,46,50)(H,47,51)(H,52,53). The van der Waals surface area contributed by atoms with Gasteiger partial charge in [-0.25, -0.2) is 0 Å². The summed E-state index contributed by atoms with van der Waals surface area (Å²) in [7, 11) is -3.85. The highest BCUT2D eigenvalue weighted by molar-refractivity contribution is 7.53. The molecule has 3 saturated carbocycles. The largest absolute Gasteiger partial charge is 0.377 e. The lowest BCUT2D eigenvalue weighted by Gasteiger charge is -2.53. The van der Waals surface area contributed by atoms with Gasteiger partial charge >= 0.3 is 7.60 Å². The summed E-state index contributed by atoms with van der Waals surface area (Å²) in [5.41, 5.74) is -3.27. The highest BCUT2D eigenvalue weighted by atomic mass is 31.2.